The van der Waals surface area contributed by atoms with Crippen LogP contribution in [-0.4, -0.2) is 40.1 Å². The van der Waals surface area contributed by atoms with E-state index >= 15 is 0 Å². The Labute approximate surface area is 256 Å². The zero-order valence-corrected chi connectivity index (χ0v) is 24.2. The Hall–Kier alpha value is -5.44. The molecule has 0 spiro atoms. The molecule has 4 aromatic rings. The van der Waals surface area contributed by atoms with Crippen molar-refractivity contribution in [2.75, 3.05) is 11.4 Å². The minimum Gasteiger partial charge on any atom is -0.340 e. The van der Waals surface area contributed by atoms with Gasteiger partial charge in [-0.25, -0.2) is 9.07 Å². The zero-order chi connectivity index (χ0) is 32.3. The summed E-state index contributed by atoms with van der Waals surface area (Å²) in [4.78, 5) is 41.5. The molecular formula is C33H27F4N5O3. The van der Waals surface area contributed by atoms with Crippen molar-refractivity contribution in [2.24, 2.45) is 0 Å². The first kappa shape index (κ1) is 31.0. The molecule has 0 saturated carbocycles. The van der Waals surface area contributed by atoms with E-state index in [4.69, 9.17) is 5.10 Å². The minimum atomic E-state index is -4.69. The molecule has 3 amide bonds. The summed E-state index contributed by atoms with van der Waals surface area (Å²) >= 11 is 0. The molecule has 2 N–H and O–H groups in total. The lowest BCUT2D eigenvalue weighted by molar-refractivity contribution is -0.137. The lowest BCUT2D eigenvalue weighted by atomic mass is 9.80. The van der Waals surface area contributed by atoms with Crippen LogP contribution in [0.3, 0.4) is 0 Å². The van der Waals surface area contributed by atoms with Crippen molar-refractivity contribution in [2.45, 2.75) is 38.5 Å². The molecule has 0 aliphatic carbocycles. The fourth-order valence-electron chi connectivity index (χ4n) is 5.37. The van der Waals surface area contributed by atoms with Crippen LogP contribution in [-0.2, 0) is 22.3 Å². The number of carbonyl (C=O) groups excluding carboxylic acids is 3. The van der Waals surface area contributed by atoms with E-state index in [2.05, 4.69) is 22.5 Å². The lowest BCUT2D eigenvalue weighted by Gasteiger charge is -2.38. The largest absolute Gasteiger partial charge is 0.416 e. The molecule has 45 heavy (non-hydrogen) atoms. The first-order valence-electron chi connectivity index (χ1n) is 14.0. The number of likely N-dealkylation sites (N-methyl/N-ethyl adjacent to an activating group) is 1. The molecule has 2 atom stereocenters. The summed E-state index contributed by atoms with van der Waals surface area (Å²) in [6.07, 6.45) is -4.69. The predicted molar refractivity (Wildman–Crippen MR) is 158 cm³/mol. The van der Waals surface area contributed by atoms with Gasteiger partial charge in [-0.3, -0.25) is 19.3 Å². The summed E-state index contributed by atoms with van der Waals surface area (Å²) in [6, 6.07) is 16.9. The number of hydrogen-bond acceptors (Lipinski definition) is 4. The smallest absolute Gasteiger partial charge is 0.340 e. The minimum absolute atomic E-state index is 0.104. The van der Waals surface area contributed by atoms with Gasteiger partial charge in [-0.1, -0.05) is 42.3 Å². The monoisotopic (exact) mass is 617 g/mol. The average molecular weight is 618 g/mol. The number of aromatic nitrogens is 2. The molecule has 0 saturated heterocycles. The van der Waals surface area contributed by atoms with Gasteiger partial charge >= 0.3 is 6.18 Å². The molecule has 1 aliphatic heterocycles. The first-order chi connectivity index (χ1) is 21.5. The lowest BCUT2D eigenvalue weighted by Crippen LogP contribution is -2.55. The van der Waals surface area contributed by atoms with Gasteiger partial charge in [0, 0.05) is 23.6 Å². The van der Waals surface area contributed by atoms with Crippen LogP contribution in [0.1, 0.15) is 52.5 Å². The molecule has 1 aromatic heterocycles. The fourth-order valence-corrected chi connectivity index (χ4v) is 5.37. The molecule has 0 radical (unpaired) electrons. The maximum Gasteiger partial charge on any atom is 0.416 e. The van der Waals surface area contributed by atoms with E-state index in [-0.39, 0.29) is 18.7 Å². The third-order valence-electron chi connectivity index (χ3n) is 7.34. The number of halogens is 4. The van der Waals surface area contributed by atoms with Crippen molar-refractivity contribution in [1.82, 2.24) is 20.4 Å². The molecule has 8 nitrogen and oxygen atoms in total. The van der Waals surface area contributed by atoms with Crippen LogP contribution >= 0.6 is 0 Å². The molecular weight excluding hydrogens is 590 g/mol. The van der Waals surface area contributed by atoms with Crippen molar-refractivity contribution in [3.8, 4) is 17.5 Å². The highest BCUT2D eigenvalue weighted by molar-refractivity contribution is 6.05. The Balaban J connectivity index is 1.70. The molecule has 230 valence electrons. The van der Waals surface area contributed by atoms with Gasteiger partial charge in [0.1, 0.15) is 17.7 Å². The highest BCUT2D eigenvalue weighted by Crippen LogP contribution is 2.43. The van der Waals surface area contributed by atoms with E-state index in [9.17, 15) is 31.9 Å². The molecule has 0 fully saturated rings. The molecule has 0 bridgehead atoms. The molecule has 3 aromatic carbocycles. The number of nitrogens with zero attached hydrogens (tertiary/aromatic N) is 3. The highest BCUT2D eigenvalue weighted by atomic mass is 19.4. The van der Waals surface area contributed by atoms with Crippen molar-refractivity contribution in [3.05, 3.63) is 113 Å². The SMILES string of the molecule is CC#CC(=O)NCc1nn(-c2ccccc2)c2c1[C@H](c1ccc(F)cc1)[C@H](NC(=O)c1cccc(C(F)(F)F)c1)C(=O)N2CC. The van der Waals surface area contributed by atoms with E-state index < -0.39 is 47.2 Å². The van der Waals surface area contributed by atoms with E-state index in [0.29, 0.717) is 34.4 Å². The zero-order valence-electron chi connectivity index (χ0n) is 24.2. The predicted octanol–water partition coefficient (Wildman–Crippen LogP) is 4.97. The number of carbonyl (C=O) groups is 3. The van der Waals surface area contributed by atoms with Crippen LogP contribution in [0.15, 0.2) is 78.9 Å². The van der Waals surface area contributed by atoms with Crippen LogP contribution < -0.4 is 15.5 Å². The number of amides is 3. The normalized spacial score (nSPS) is 16.0. The summed E-state index contributed by atoms with van der Waals surface area (Å²) in [6.45, 7) is 3.28. The summed E-state index contributed by atoms with van der Waals surface area (Å²) in [7, 11) is 0. The summed E-state index contributed by atoms with van der Waals surface area (Å²) in [5, 5.41) is 10.1. The van der Waals surface area contributed by atoms with E-state index in [1.807, 2.05) is 6.07 Å². The van der Waals surface area contributed by atoms with Crippen LogP contribution in [0.25, 0.3) is 5.69 Å². The molecule has 0 unspecified atom stereocenters. The highest BCUT2D eigenvalue weighted by Gasteiger charge is 2.46. The topological polar surface area (TPSA) is 96.3 Å². The van der Waals surface area contributed by atoms with Crippen molar-refractivity contribution in [3.63, 3.8) is 0 Å². The number of fused-ring (bicyclic) bond motifs is 1. The van der Waals surface area contributed by atoms with Gasteiger partial charge in [0.25, 0.3) is 17.7 Å². The van der Waals surface area contributed by atoms with Gasteiger partial charge in [-0.2, -0.15) is 18.3 Å². The standard InChI is InChI=1S/C33H27F4N5O3/c1-3-9-26(43)38-19-25-28-27(20-14-16-23(34)17-15-20)29(39-30(44)21-10-8-11-22(18-21)33(35,36)37)32(45)41(4-2)31(28)42(40-25)24-12-6-5-7-13-24/h5-8,10-18,27,29H,4,19H2,1-2H3,(H,38,43)(H,39,44)/t27-,29-/m0/s1. The van der Waals surface area contributed by atoms with Gasteiger partial charge in [0.2, 0.25) is 0 Å². The fraction of sp³-hybridized carbons (Fsp3) is 0.212. The number of rotatable bonds is 7. The second-order valence-electron chi connectivity index (χ2n) is 10.1. The van der Waals surface area contributed by atoms with E-state index in [1.54, 1.807) is 35.9 Å². The van der Waals surface area contributed by atoms with Crippen molar-refractivity contribution >= 4 is 23.5 Å². The second-order valence-corrected chi connectivity index (χ2v) is 10.1. The van der Waals surface area contributed by atoms with Crippen molar-refractivity contribution < 1.29 is 31.9 Å². The number of nitrogens with one attached hydrogen (secondary N) is 2. The summed E-state index contributed by atoms with van der Waals surface area (Å²) in [5.74, 6) is 1.77. The first-order valence-corrected chi connectivity index (χ1v) is 14.0. The molecule has 12 heteroatoms. The Kier molecular flexibility index (Phi) is 8.72. The van der Waals surface area contributed by atoms with Crippen LogP contribution in [0, 0.1) is 17.7 Å². The van der Waals surface area contributed by atoms with Gasteiger partial charge in [0.05, 0.1) is 23.5 Å². The maximum atomic E-state index is 14.2. The van der Waals surface area contributed by atoms with Crippen LogP contribution in [0.4, 0.5) is 23.4 Å². The number of anilines is 1. The molecule has 2 heterocycles. The summed E-state index contributed by atoms with van der Waals surface area (Å²) in [5.41, 5.74) is 0.537. The Bertz CT molecular complexity index is 1810. The maximum absolute atomic E-state index is 14.2. The number of alkyl halides is 3. The second kappa shape index (κ2) is 12.7. The summed E-state index contributed by atoms with van der Waals surface area (Å²) < 4.78 is 55.9. The number of para-hydroxylation sites is 1. The third-order valence-corrected chi connectivity index (χ3v) is 7.34. The van der Waals surface area contributed by atoms with Gasteiger partial charge < -0.3 is 10.6 Å². The average Bonchev–Trinajstić information content (AvgIpc) is 3.40. The molecule has 5 rings (SSSR count). The number of benzene rings is 3. The van der Waals surface area contributed by atoms with Crippen LogP contribution in [0.2, 0.25) is 0 Å². The van der Waals surface area contributed by atoms with E-state index in [1.165, 1.54) is 42.2 Å². The van der Waals surface area contributed by atoms with Gasteiger partial charge in [-0.15, -0.1) is 0 Å². The third kappa shape index (κ3) is 6.28. The Morgan fingerprint density at radius 3 is 2.36 bits per heavy atom. The van der Waals surface area contributed by atoms with Gasteiger partial charge in [-0.05, 0) is 67.8 Å². The Morgan fingerprint density at radius 1 is 1.00 bits per heavy atom. The van der Waals surface area contributed by atoms with E-state index in [0.717, 1.165) is 12.1 Å². The molecule has 1 aliphatic rings. The number of hydrogen-bond donors (Lipinski definition) is 2. The van der Waals surface area contributed by atoms with Gasteiger partial charge in [0.15, 0.2) is 0 Å². The Morgan fingerprint density at radius 2 is 1.71 bits per heavy atom. The van der Waals surface area contributed by atoms with Crippen molar-refractivity contribution in [1.29, 1.82) is 0 Å². The van der Waals surface area contributed by atoms with Crippen LogP contribution in [0.5, 0.6) is 0 Å². The quantitative estimate of drug-likeness (QED) is 0.226.